The molecule has 0 aliphatic heterocycles. The number of allylic oxidation sites excluding steroid dienone is 1. The maximum absolute atomic E-state index is 9.03. The van der Waals surface area contributed by atoms with Crippen LogP contribution in [0.1, 0.15) is 49.0 Å². The molecule has 0 fully saturated rings. The lowest BCUT2D eigenvalue weighted by molar-refractivity contribution is 0.951. The predicted octanol–water partition coefficient (Wildman–Crippen LogP) is 5.79. The van der Waals surface area contributed by atoms with Crippen LogP contribution in [0.4, 0.5) is 0 Å². The van der Waals surface area contributed by atoms with E-state index < -0.39 is 0 Å². The van der Waals surface area contributed by atoms with Crippen molar-refractivity contribution in [1.82, 2.24) is 14.5 Å². The number of hydrogen-bond acceptors (Lipinski definition) is 3. The second-order valence-electron chi connectivity index (χ2n) is 6.27. The third-order valence-corrected chi connectivity index (χ3v) is 4.15. The number of nitriles is 1. The van der Waals surface area contributed by atoms with E-state index in [2.05, 4.69) is 23.3 Å². The third kappa shape index (κ3) is 3.98. The van der Waals surface area contributed by atoms with Gasteiger partial charge >= 0.3 is 0 Å². The van der Waals surface area contributed by atoms with E-state index in [1.807, 2.05) is 59.7 Å². The first-order chi connectivity index (χ1) is 12.9. The highest BCUT2D eigenvalue weighted by atomic mass is 15.2. The first kappa shape index (κ1) is 20.1. The molecule has 27 heavy (non-hydrogen) atoms. The Morgan fingerprint density at radius 1 is 1.00 bits per heavy atom. The molecule has 0 radical (unpaired) electrons. The number of nitrogens with zero attached hydrogens (tertiary/aromatic N) is 4. The number of aromatic nitrogens is 3. The summed E-state index contributed by atoms with van der Waals surface area (Å²) in [6.45, 7) is 16.1. The Bertz CT molecular complexity index is 1000. The SMILES string of the molecule is C=C(C)c1c(C)nc(-c2ccc(C#N)cc2)n1-c1nc(C)ccc1C.CC. The maximum atomic E-state index is 9.03. The van der Waals surface area contributed by atoms with Crippen LogP contribution >= 0.6 is 0 Å². The Hall–Kier alpha value is -3.19. The van der Waals surface area contributed by atoms with E-state index in [0.29, 0.717) is 5.56 Å². The molecule has 0 aliphatic rings. The molecular formula is C23H26N4. The van der Waals surface area contributed by atoms with Crippen molar-refractivity contribution < 1.29 is 0 Å². The minimum absolute atomic E-state index is 0.628. The molecule has 0 amide bonds. The van der Waals surface area contributed by atoms with Gasteiger partial charge in [0.2, 0.25) is 0 Å². The molecule has 0 unspecified atom stereocenters. The van der Waals surface area contributed by atoms with Crippen molar-refractivity contribution in [1.29, 1.82) is 5.26 Å². The lowest BCUT2D eigenvalue weighted by Gasteiger charge is -2.15. The molecule has 4 heteroatoms. The van der Waals surface area contributed by atoms with Crippen LogP contribution in [0.25, 0.3) is 22.8 Å². The average molecular weight is 358 g/mol. The highest BCUT2D eigenvalue weighted by Crippen LogP contribution is 2.30. The van der Waals surface area contributed by atoms with E-state index in [9.17, 15) is 0 Å². The van der Waals surface area contributed by atoms with Crippen LogP contribution < -0.4 is 0 Å². The fourth-order valence-electron chi connectivity index (χ4n) is 2.96. The molecule has 3 rings (SSSR count). The molecule has 0 saturated carbocycles. The Morgan fingerprint density at radius 2 is 1.63 bits per heavy atom. The summed E-state index contributed by atoms with van der Waals surface area (Å²) in [6, 6.07) is 13.7. The molecule has 3 aromatic rings. The molecule has 4 nitrogen and oxygen atoms in total. The zero-order valence-electron chi connectivity index (χ0n) is 17.0. The smallest absolute Gasteiger partial charge is 0.146 e. The van der Waals surface area contributed by atoms with Gasteiger partial charge in [0.05, 0.1) is 23.0 Å². The molecule has 0 N–H and O–H groups in total. The molecule has 138 valence electrons. The number of aryl methyl sites for hydroxylation is 3. The Morgan fingerprint density at radius 3 is 2.19 bits per heavy atom. The van der Waals surface area contributed by atoms with Gasteiger partial charge in [0.25, 0.3) is 0 Å². The number of imidazole rings is 1. The fraction of sp³-hybridized carbons (Fsp3) is 0.261. The third-order valence-electron chi connectivity index (χ3n) is 4.15. The molecule has 0 saturated heterocycles. The largest absolute Gasteiger partial charge is 0.276 e. The van der Waals surface area contributed by atoms with Crippen molar-refractivity contribution >= 4 is 5.57 Å². The van der Waals surface area contributed by atoms with E-state index in [1.165, 1.54) is 0 Å². The van der Waals surface area contributed by atoms with Crippen molar-refractivity contribution in [2.45, 2.75) is 41.5 Å². The van der Waals surface area contributed by atoms with E-state index in [0.717, 1.165) is 45.4 Å². The van der Waals surface area contributed by atoms with E-state index in [1.54, 1.807) is 12.1 Å². The van der Waals surface area contributed by atoms with Gasteiger partial charge in [-0.3, -0.25) is 4.57 Å². The van der Waals surface area contributed by atoms with Crippen LogP contribution in [0, 0.1) is 32.1 Å². The van der Waals surface area contributed by atoms with Crippen molar-refractivity contribution in [2.24, 2.45) is 0 Å². The van der Waals surface area contributed by atoms with Gasteiger partial charge in [-0.2, -0.15) is 5.26 Å². The normalized spacial score (nSPS) is 9.96. The van der Waals surface area contributed by atoms with E-state index in [4.69, 9.17) is 15.2 Å². The lowest BCUT2D eigenvalue weighted by atomic mass is 10.1. The van der Waals surface area contributed by atoms with Gasteiger partial charge in [-0.1, -0.05) is 26.5 Å². The summed E-state index contributed by atoms with van der Waals surface area (Å²) < 4.78 is 2.07. The van der Waals surface area contributed by atoms with Crippen LogP contribution in [-0.2, 0) is 0 Å². The summed E-state index contributed by atoms with van der Waals surface area (Å²) >= 11 is 0. The highest BCUT2D eigenvalue weighted by molar-refractivity contribution is 5.70. The minimum Gasteiger partial charge on any atom is -0.276 e. The Labute approximate surface area is 161 Å². The molecule has 1 aromatic carbocycles. The topological polar surface area (TPSA) is 54.5 Å². The fourth-order valence-corrected chi connectivity index (χ4v) is 2.96. The molecule has 0 spiro atoms. The van der Waals surface area contributed by atoms with Crippen LogP contribution in [0.2, 0.25) is 0 Å². The number of benzene rings is 1. The van der Waals surface area contributed by atoms with Gasteiger partial charge in [0.1, 0.15) is 11.6 Å². The van der Waals surface area contributed by atoms with Gasteiger partial charge in [-0.05, 0) is 69.2 Å². The standard InChI is InChI=1S/C21H20N4.C2H6/c1-13(2)19-16(5)24-21(18-10-8-17(12-22)9-11-18)25(19)20-14(3)6-7-15(4)23-20;1-2/h6-11H,1H2,2-5H3;1-2H3. The molecule has 2 aromatic heterocycles. The van der Waals surface area contributed by atoms with Gasteiger partial charge < -0.3 is 0 Å². The summed E-state index contributed by atoms with van der Waals surface area (Å²) in [7, 11) is 0. The molecule has 0 atom stereocenters. The summed E-state index contributed by atoms with van der Waals surface area (Å²) in [5, 5.41) is 9.03. The minimum atomic E-state index is 0.628. The second-order valence-corrected chi connectivity index (χ2v) is 6.27. The lowest BCUT2D eigenvalue weighted by Crippen LogP contribution is -2.07. The highest BCUT2D eigenvalue weighted by Gasteiger charge is 2.20. The van der Waals surface area contributed by atoms with Gasteiger partial charge in [0.15, 0.2) is 0 Å². The van der Waals surface area contributed by atoms with Crippen LogP contribution in [-0.4, -0.2) is 14.5 Å². The molecule has 2 heterocycles. The molecule has 0 aliphatic carbocycles. The van der Waals surface area contributed by atoms with Gasteiger partial charge in [-0.25, -0.2) is 9.97 Å². The quantitative estimate of drug-likeness (QED) is 0.595. The first-order valence-corrected chi connectivity index (χ1v) is 9.12. The van der Waals surface area contributed by atoms with Gasteiger partial charge in [0, 0.05) is 11.3 Å². The summed E-state index contributed by atoms with van der Waals surface area (Å²) in [4.78, 5) is 9.53. The Balaban J connectivity index is 0.00000126. The van der Waals surface area contributed by atoms with Crippen LogP contribution in [0.5, 0.6) is 0 Å². The average Bonchev–Trinajstić information content (AvgIpc) is 3.02. The number of rotatable bonds is 3. The van der Waals surface area contributed by atoms with E-state index >= 15 is 0 Å². The van der Waals surface area contributed by atoms with Crippen LogP contribution in [0.15, 0.2) is 43.0 Å². The van der Waals surface area contributed by atoms with Crippen molar-refractivity contribution in [2.75, 3.05) is 0 Å². The predicted molar refractivity (Wildman–Crippen MR) is 112 cm³/mol. The number of pyridine rings is 1. The van der Waals surface area contributed by atoms with E-state index in [-0.39, 0.29) is 0 Å². The summed E-state index contributed by atoms with van der Waals surface area (Å²) in [5.74, 6) is 1.67. The van der Waals surface area contributed by atoms with Crippen molar-refractivity contribution in [3.63, 3.8) is 0 Å². The molecular weight excluding hydrogens is 332 g/mol. The summed E-state index contributed by atoms with van der Waals surface area (Å²) in [6.07, 6.45) is 0. The van der Waals surface area contributed by atoms with Crippen molar-refractivity contribution in [3.8, 4) is 23.3 Å². The zero-order chi connectivity index (χ0) is 20.1. The second kappa shape index (κ2) is 8.46. The number of hydrogen-bond donors (Lipinski definition) is 0. The van der Waals surface area contributed by atoms with Crippen LogP contribution in [0.3, 0.4) is 0 Å². The maximum Gasteiger partial charge on any atom is 0.146 e. The zero-order valence-corrected chi connectivity index (χ0v) is 17.0. The van der Waals surface area contributed by atoms with Crippen molar-refractivity contribution in [3.05, 3.63) is 71.2 Å². The monoisotopic (exact) mass is 358 g/mol. The molecule has 0 bridgehead atoms. The summed E-state index contributed by atoms with van der Waals surface area (Å²) in [5.41, 5.74) is 6.41. The van der Waals surface area contributed by atoms with Gasteiger partial charge in [-0.15, -0.1) is 0 Å². The Kier molecular flexibility index (Phi) is 6.31. The first-order valence-electron chi connectivity index (χ1n) is 9.12.